The van der Waals surface area contributed by atoms with E-state index in [9.17, 15) is 14.6 Å². The molecule has 1 aliphatic heterocycles. The molecular weight excluding hydrogens is 313 g/mol. The third kappa shape index (κ3) is 3.48. The third-order valence-electron chi connectivity index (χ3n) is 4.70. The van der Waals surface area contributed by atoms with Crippen LogP contribution in [-0.2, 0) is 0 Å². The largest absolute Gasteiger partial charge is 0.388 e. The average molecular weight is 335 g/mol. The van der Waals surface area contributed by atoms with Crippen LogP contribution in [0.15, 0.2) is 35.7 Å². The molecule has 0 bridgehead atoms. The number of aliphatic hydroxyl groups excluding tert-OH is 2. The van der Waals surface area contributed by atoms with Crippen molar-refractivity contribution in [2.75, 3.05) is 20.1 Å². The molecule has 1 aliphatic rings. The van der Waals surface area contributed by atoms with Crippen LogP contribution < -0.4 is 0 Å². The molecule has 2 heterocycles. The van der Waals surface area contributed by atoms with Crippen molar-refractivity contribution in [3.05, 3.63) is 57.5 Å². The summed E-state index contributed by atoms with van der Waals surface area (Å²) < 4.78 is 13.9. The summed E-state index contributed by atoms with van der Waals surface area (Å²) in [6, 6.07) is 8.11. The van der Waals surface area contributed by atoms with Crippen LogP contribution in [0.3, 0.4) is 0 Å². The van der Waals surface area contributed by atoms with Gasteiger partial charge in [0.2, 0.25) is 0 Å². The Balaban J connectivity index is 1.83. The van der Waals surface area contributed by atoms with Gasteiger partial charge in [0.25, 0.3) is 0 Å². The highest BCUT2D eigenvalue weighted by Gasteiger charge is 2.29. The molecule has 124 valence electrons. The van der Waals surface area contributed by atoms with Gasteiger partial charge in [-0.1, -0.05) is 18.2 Å². The molecule has 0 spiro atoms. The van der Waals surface area contributed by atoms with Crippen LogP contribution in [-0.4, -0.2) is 35.3 Å². The fraction of sp³-hybridized carbons (Fsp3) is 0.444. The van der Waals surface area contributed by atoms with Gasteiger partial charge in [0.1, 0.15) is 11.9 Å². The minimum atomic E-state index is -1.04. The van der Waals surface area contributed by atoms with Gasteiger partial charge >= 0.3 is 0 Å². The molecule has 5 heteroatoms. The lowest BCUT2D eigenvalue weighted by Crippen LogP contribution is -2.32. The average Bonchev–Trinajstić information content (AvgIpc) is 3.04. The fourth-order valence-corrected chi connectivity index (χ4v) is 4.18. The predicted molar refractivity (Wildman–Crippen MR) is 90.0 cm³/mol. The lowest BCUT2D eigenvalue weighted by atomic mass is 9.87. The molecular formula is C18H22FNO2S. The molecule has 1 aromatic carbocycles. The molecule has 3 rings (SSSR count). The van der Waals surface area contributed by atoms with Gasteiger partial charge in [-0.15, -0.1) is 11.3 Å². The quantitative estimate of drug-likeness (QED) is 0.901. The zero-order chi connectivity index (χ0) is 16.4. The summed E-state index contributed by atoms with van der Waals surface area (Å²) >= 11 is 1.37. The van der Waals surface area contributed by atoms with E-state index < -0.39 is 18.0 Å². The van der Waals surface area contributed by atoms with Crippen LogP contribution in [0.5, 0.6) is 0 Å². The van der Waals surface area contributed by atoms with Crippen LogP contribution in [0.25, 0.3) is 0 Å². The fourth-order valence-electron chi connectivity index (χ4n) is 3.23. The monoisotopic (exact) mass is 335 g/mol. The molecule has 0 amide bonds. The van der Waals surface area contributed by atoms with Crippen molar-refractivity contribution < 1.29 is 14.6 Å². The van der Waals surface area contributed by atoms with Crippen molar-refractivity contribution in [1.82, 2.24) is 4.90 Å². The number of nitrogens with zero attached hydrogens (tertiary/aromatic N) is 1. The second kappa shape index (κ2) is 7.09. The number of rotatable bonds is 4. The Labute approximate surface area is 140 Å². The summed E-state index contributed by atoms with van der Waals surface area (Å²) in [6.07, 6.45) is 0.226. The van der Waals surface area contributed by atoms with E-state index in [1.165, 1.54) is 17.4 Å². The standard InChI is InChI=1S/C18H22FNO2S/c1-20-9-6-12(7-10-20)16(21)14-8-11-23-18(14)17(22)13-4-2-3-5-15(13)19/h2-5,8,11-12,16-17,21-22H,6-7,9-10H2,1H3. The number of piperidine rings is 1. The van der Waals surface area contributed by atoms with E-state index in [1.807, 2.05) is 11.4 Å². The first kappa shape index (κ1) is 16.6. The first-order valence-corrected chi connectivity index (χ1v) is 8.82. The van der Waals surface area contributed by atoms with Crippen LogP contribution in [0.4, 0.5) is 4.39 Å². The van der Waals surface area contributed by atoms with E-state index in [0.29, 0.717) is 4.88 Å². The smallest absolute Gasteiger partial charge is 0.129 e. The van der Waals surface area contributed by atoms with E-state index in [1.54, 1.807) is 18.2 Å². The molecule has 2 unspecified atom stereocenters. The maximum absolute atomic E-state index is 13.9. The van der Waals surface area contributed by atoms with E-state index in [-0.39, 0.29) is 11.5 Å². The van der Waals surface area contributed by atoms with Crippen LogP contribution in [0.2, 0.25) is 0 Å². The molecule has 1 aromatic heterocycles. The Morgan fingerprint density at radius 1 is 1.13 bits per heavy atom. The summed E-state index contributed by atoms with van der Waals surface area (Å²) in [5.41, 5.74) is 0.993. The summed E-state index contributed by atoms with van der Waals surface area (Å²) in [6.45, 7) is 1.94. The Morgan fingerprint density at radius 3 is 2.52 bits per heavy atom. The molecule has 1 fully saturated rings. The number of hydrogen-bond donors (Lipinski definition) is 2. The highest BCUT2D eigenvalue weighted by atomic mass is 32.1. The van der Waals surface area contributed by atoms with E-state index in [0.717, 1.165) is 31.5 Å². The maximum atomic E-state index is 13.9. The molecule has 1 saturated heterocycles. The van der Waals surface area contributed by atoms with Gasteiger partial charge in [-0.3, -0.25) is 0 Å². The SMILES string of the molecule is CN1CCC(C(O)c2ccsc2C(O)c2ccccc2F)CC1. The second-order valence-corrected chi connectivity index (χ2v) is 7.20. The third-order valence-corrected chi connectivity index (χ3v) is 5.69. The summed E-state index contributed by atoms with van der Waals surface area (Å²) in [7, 11) is 2.08. The van der Waals surface area contributed by atoms with Gasteiger partial charge in [0.05, 0.1) is 6.10 Å². The second-order valence-electron chi connectivity index (χ2n) is 6.25. The molecule has 2 aromatic rings. The van der Waals surface area contributed by atoms with E-state index in [2.05, 4.69) is 11.9 Å². The predicted octanol–water partition coefficient (Wildman–Crippen LogP) is 3.34. The first-order valence-electron chi connectivity index (χ1n) is 7.94. The van der Waals surface area contributed by atoms with Crippen molar-refractivity contribution in [2.45, 2.75) is 25.0 Å². The minimum Gasteiger partial charge on any atom is -0.388 e. The highest BCUT2D eigenvalue weighted by Crippen LogP contribution is 2.38. The van der Waals surface area contributed by atoms with Gasteiger partial charge in [-0.2, -0.15) is 0 Å². The van der Waals surface area contributed by atoms with Crippen molar-refractivity contribution in [1.29, 1.82) is 0 Å². The van der Waals surface area contributed by atoms with Crippen LogP contribution in [0.1, 0.15) is 41.1 Å². The molecule has 3 nitrogen and oxygen atoms in total. The molecule has 23 heavy (non-hydrogen) atoms. The Hall–Kier alpha value is -1.27. The van der Waals surface area contributed by atoms with Crippen LogP contribution >= 0.6 is 11.3 Å². The molecule has 2 atom stereocenters. The Kier molecular flexibility index (Phi) is 5.11. The van der Waals surface area contributed by atoms with Crippen LogP contribution in [0, 0.1) is 11.7 Å². The summed E-state index contributed by atoms with van der Waals surface area (Å²) in [4.78, 5) is 2.90. The van der Waals surface area contributed by atoms with Gasteiger partial charge < -0.3 is 15.1 Å². The highest BCUT2D eigenvalue weighted by molar-refractivity contribution is 7.10. The number of likely N-dealkylation sites (tertiary alicyclic amines) is 1. The van der Waals surface area contributed by atoms with Crippen molar-refractivity contribution in [3.8, 4) is 0 Å². The van der Waals surface area contributed by atoms with E-state index in [4.69, 9.17) is 0 Å². The summed E-state index contributed by atoms with van der Waals surface area (Å²) in [5.74, 6) is -0.236. The first-order chi connectivity index (χ1) is 11.1. The van der Waals surface area contributed by atoms with Gasteiger partial charge in [0.15, 0.2) is 0 Å². The molecule has 2 N–H and O–H groups in total. The maximum Gasteiger partial charge on any atom is 0.129 e. The lowest BCUT2D eigenvalue weighted by molar-refractivity contribution is 0.0638. The van der Waals surface area contributed by atoms with Crippen molar-refractivity contribution >= 4 is 11.3 Å². The number of benzene rings is 1. The molecule has 0 saturated carbocycles. The number of hydrogen-bond acceptors (Lipinski definition) is 4. The normalized spacial score (nSPS) is 19.7. The zero-order valence-corrected chi connectivity index (χ0v) is 14.0. The number of aliphatic hydroxyl groups is 2. The number of halogens is 1. The number of thiophene rings is 1. The van der Waals surface area contributed by atoms with Crippen molar-refractivity contribution in [2.24, 2.45) is 5.92 Å². The topological polar surface area (TPSA) is 43.7 Å². The Morgan fingerprint density at radius 2 is 1.83 bits per heavy atom. The minimum absolute atomic E-state index is 0.187. The van der Waals surface area contributed by atoms with Gasteiger partial charge in [0, 0.05) is 10.4 Å². The van der Waals surface area contributed by atoms with Crippen molar-refractivity contribution in [3.63, 3.8) is 0 Å². The lowest BCUT2D eigenvalue weighted by Gasteiger charge is -2.32. The summed E-state index contributed by atoms with van der Waals surface area (Å²) in [5, 5.41) is 23.2. The van der Waals surface area contributed by atoms with Gasteiger partial charge in [-0.05, 0) is 62.0 Å². The molecule has 0 aliphatic carbocycles. The van der Waals surface area contributed by atoms with Gasteiger partial charge in [-0.25, -0.2) is 4.39 Å². The van der Waals surface area contributed by atoms with E-state index >= 15 is 0 Å². The zero-order valence-electron chi connectivity index (χ0n) is 13.2. The molecule has 0 radical (unpaired) electrons. The Bertz CT molecular complexity index is 652.